The molecule has 0 spiro atoms. The molecule has 132 valence electrons. The number of anilines is 2. The van der Waals surface area contributed by atoms with Gasteiger partial charge in [-0.25, -0.2) is 9.97 Å². The molecule has 1 aromatic carbocycles. The van der Waals surface area contributed by atoms with Crippen LogP contribution in [0.3, 0.4) is 0 Å². The van der Waals surface area contributed by atoms with Crippen LogP contribution in [0, 0.1) is 6.92 Å². The summed E-state index contributed by atoms with van der Waals surface area (Å²) in [4.78, 5) is 22.8. The molecule has 2 N–H and O–H groups in total. The van der Waals surface area contributed by atoms with E-state index in [4.69, 9.17) is 4.74 Å². The Labute approximate surface area is 147 Å². The Bertz CT molecular complexity index is 699. The Morgan fingerprint density at radius 1 is 1.16 bits per heavy atom. The zero-order valence-electron chi connectivity index (χ0n) is 14.4. The first-order valence-corrected chi connectivity index (χ1v) is 8.46. The lowest BCUT2D eigenvalue weighted by molar-refractivity contribution is 0.0955. The lowest BCUT2D eigenvalue weighted by Crippen LogP contribution is -2.36. The van der Waals surface area contributed by atoms with E-state index in [9.17, 15) is 4.79 Å². The Hall–Kier alpha value is -2.67. The van der Waals surface area contributed by atoms with Crippen molar-refractivity contribution in [1.29, 1.82) is 0 Å². The molecule has 1 amide bonds. The first-order chi connectivity index (χ1) is 12.2. The number of benzene rings is 1. The van der Waals surface area contributed by atoms with Crippen LogP contribution in [0.15, 0.2) is 36.7 Å². The third-order valence-electron chi connectivity index (χ3n) is 4.02. The Balaban J connectivity index is 1.45. The van der Waals surface area contributed by atoms with Crippen LogP contribution in [0.4, 0.5) is 11.6 Å². The van der Waals surface area contributed by atoms with E-state index in [2.05, 4.69) is 25.5 Å². The summed E-state index contributed by atoms with van der Waals surface area (Å²) in [5.41, 5.74) is 1.81. The highest BCUT2D eigenvalue weighted by molar-refractivity contribution is 5.94. The number of nitrogens with zero attached hydrogens (tertiary/aromatic N) is 3. The minimum atomic E-state index is -0.0708. The number of morpholine rings is 1. The summed E-state index contributed by atoms with van der Waals surface area (Å²) in [5, 5.41) is 6.11. The van der Waals surface area contributed by atoms with Crippen LogP contribution in [0.1, 0.15) is 15.9 Å². The fraction of sp³-hybridized carbons (Fsp3) is 0.389. The minimum Gasteiger partial charge on any atom is -0.378 e. The van der Waals surface area contributed by atoms with Crippen LogP contribution >= 0.6 is 0 Å². The Kier molecular flexibility index (Phi) is 5.79. The predicted octanol–water partition coefficient (Wildman–Crippen LogP) is 1.46. The van der Waals surface area contributed by atoms with Crippen LogP contribution in [0.2, 0.25) is 0 Å². The maximum absolute atomic E-state index is 12.0. The van der Waals surface area contributed by atoms with Crippen LogP contribution in [0.5, 0.6) is 0 Å². The van der Waals surface area contributed by atoms with Gasteiger partial charge in [0.2, 0.25) is 0 Å². The van der Waals surface area contributed by atoms with Gasteiger partial charge in [0.1, 0.15) is 18.0 Å². The second-order valence-corrected chi connectivity index (χ2v) is 5.91. The molecule has 0 radical (unpaired) electrons. The number of aromatic nitrogens is 2. The zero-order chi connectivity index (χ0) is 17.5. The molecule has 1 saturated heterocycles. The number of rotatable bonds is 6. The molecule has 1 fully saturated rings. The molecule has 0 bridgehead atoms. The summed E-state index contributed by atoms with van der Waals surface area (Å²) in [7, 11) is 0. The van der Waals surface area contributed by atoms with Gasteiger partial charge in [-0.3, -0.25) is 4.79 Å². The quantitative estimate of drug-likeness (QED) is 0.775. The van der Waals surface area contributed by atoms with Crippen LogP contribution in [-0.4, -0.2) is 55.3 Å². The molecule has 0 atom stereocenters. The van der Waals surface area contributed by atoms with Crippen LogP contribution < -0.4 is 15.5 Å². The molecule has 3 rings (SSSR count). The number of carbonyl (C=O) groups is 1. The van der Waals surface area contributed by atoms with E-state index in [1.807, 2.05) is 37.3 Å². The molecule has 2 aromatic rings. The number of amides is 1. The van der Waals surface area contributed by atoms with Crippen molar-refractivity contribution in [1.82, 2.24) is 15.3 Å². The number of hydrogen-bond donors (Lipinski definition) is 2. The van der Waals surface area contributed by atoms with Crippen molar-refractivity contribution in [2.45, 2.75) is 6.92 Å². The molecule has 0 unspecified atom stereocenters. The lowest BCUT2D eigenvalue weighted by atomic mass is 10.1. The van der Waals surface area contributed by atoms with Crippen molar-refractivity contribution in [3.8, 4) is 0 Å². The largest absolute Gasteiger partial charge is 0.378 e. The second kappa shape index (κ2) is 8.43. The average Bonchev–Trinajstić information content (AvgIpc) is 2.66. The van der Waals surface area contributed by atoms with E-state index in [0.717, 1.165) is 43.5 Å². The van der Waals surface area contributed by atoms with Crippen molar-refractivity contribution >= 4 is 17.5 Å². The Morgan fingerprint density at radius 3 is 2.68 bits per heavy atom. The van der Waals surface area contributed by atoms with Gasteiger partial charge in [-0.1, -0.05) is 17.7 Å². The van der Waals surface area contributed by atoms with E-state index in [-0.39, 0.29) is 5.91 Å². The molecule has 1 aliphatic heterocycles. The number of carbonyl (C=O) groups excluding carboxylic acids is 1. The van der Waals surface area contributed by atoms with Crippen molar-refractivity contribution in [2.24, 2.45) is 0 Å². The predicted molar refractivity (Wildman–Crippen MR) is 97.1 cm³/mol. The molecule has 7 nitrogen and oxygen atoms in total. The normalized spacial score (nSPS) is 14.2. The fourth-order valence-corrected chi connectivity index (χ4v) is 2.58. The van der Waals surface area contributed by atoms with Gasteiger partial charge in [-0.15, -0.1) is 0 Å². The monoisotopic (exact) mass is 341 g/mol. The lowest BCUT2D eigenvalue weighted by Gasteiger charge is -2.27. The van der Waals surface area contributed by atoms with Gasteiger partial charge in [0, 0.05) is 37.8 Å². The fourth-order valence-electron chi connectivity index (χ4n) is 2.58. The van der Waals surface area contributed by atoms with E-state index >= 15 is 0 Å². The van der Waals surface area contributed by atoms with E-state index in [1.165, 1.54) is 0 Å². The van der Waals surface area contributed by atoms with Gasteiger partial charge in [-0.2, -0.15) is 0 Å². The molecular weight excluding hydrogens is 318 g/mol. The molecule has 1 aromatic heterocycles. The van der Waals surface area contributed by atoms with Crippen molar-refractivity contribution in [3.05, 3.63) is 47.8 Å². The molecule has 2 heterocycles. The highest BCUT2D eigenvalue weighted by atomic mass is 16.5. The highest BCUT2D eigenvalue weighted by Crippen LogP contribution is 2.15. The van der Waals surface area contributed by atoms with Crippen molar-refractivity contribution < 1.29 is 9.53 Å². The first-order valence-electron chi connectivity index (χ1n) is 8.46. The van der Waals surface area contributed by atoms with Gasteiger partial charge in [0.05, 0.1) is 13.2 Å². The van der Waals surface area contributed by atoms with Crippen molar-refractivity contribution in [3.63, 3.8) is 0 Å². The number of ether oxygens (including phenoxy) is 1. The first kappa shape index (κ1) is 17.2. The van der Waals surface area contributed by atoms with Gasteiger partial charge in [0.25, 0.3) is 5.91 Å². The average molecular weight is 341 g/mol. The summed E-state index contributed by atoms with van der Waals surface area (Å²) in [5.74, 6) is 1.57. The topological polar surface area (TPSA) is 79.4 Å². The maximum Gasteiger partial charge on any atom is 0.251 e. The Morgan fingerprint density at radius 2 is 1.92 bits per heavy atom. The molecule has 25 heavy (non-hydrogen) atoms. The molecule has 1 aliphatic rings. The SMILES string of the molecule is Cc1ccc(C(=O)NCCNc2cc(N3CCOCC3)ncn2)cc1. The van der Waals surface area contributed by atoms with Gasteiger partial charge in [0.15, 0.2) is 0 Å². The highest BCUT2D eigenvalue weighted by Gasteiger charge is 2.12. The summed E-state index contributed by atoms with van der Waals surface area (Å²) in [6, 6.07) is 9.45. The molecule has 0 aliphatic carbocycles. The summed E-state index contributed by atoms with van der Waals surface area (Å²) in [6.45, 7) is 6.22. The number of hydrogen-bond acceptors (Lipinski definition) is 6. The minimum absolute atomic E-state index is 0.0708. The second-order valence-electron chi connectivity index (χ2n) is 5.91. The summed E-state index contributed by atoms with van der Waals surface area (Å²) >= 11 is 0. The zero-order valence-corrected chi connectivity index (χ0v) is 14.4. The third kappa shape index (κ3) is 4.90. The molecule has 7 heteroatoms. The van der Waals surface area contributed by atoms with Crippen LogP contribution in [0.25, 0.3) is 0 Å². The van der Waals surface area contributed by atoms with Gasteiger partial charge >= 0.3 is 0 Å². The standard InChI is InChI=1S/C18H23N5O2/c1-14-2-4-15(5-3-14)18(24)20-7-6-19-16-12-17(22-13-21-16)23-8-10-25-11-9-23/h2-5,12-13H,6-11H2,1H3,(H,20,24)(H,19,21,22). The van der Waals surface area contributed by atoms with Gasteiger partial charge in [-0.05, 0) is 19.1 Å². The molecular formula is C18H23N5O2. The summed E-state index contributed by atoms with van der Waals surface area (Å²) in [6.07, 6.45) is 1.55. The van der Waals surface area contributed by atoms with E-state index in [1.54, 1.807) is 6.33 Å². The number of aryl methyl sites for hydroxylation is 1. The van der Waals surface area contributed by atoms with E-state index in [0.29, 0.717) is 18.7 Å². The maximum atomic E-state index is 12.0. The summed E-state index contributed by atoms with van der Waals surface area (Å²) < 4.78 is 5.36. The molecule has 0 saturated carbocycles. The van der Waals surface area contributed by atoms with E-state index < -0.39 is 0 Å². The van der Waals surface area contributed by atoms with Crippen molar-refractivity contribution in [2.75, 3.05) is 49.6 Å². The third-order valence-corrected chi connectivity index (χ3v) is 4.02. The van der Waals surface area contributed by atoms with Gasteiger partial charge < -0.3 is 20.3 Å². The van der Waals surface area contributed by atoms with Crippen LogP contribution in [-0.2, 0) is 4.74 Å². The number of nitrogens with one attached hydrogen (secondary N) is 2. The smallest absolute Gasteiger partial charge is 0.251 e.